The molecule has 0 bridgehead atoms. The number of fused-ring (bicyclic) bond motifs is 2. The highest BCUT2D eigenvalue weighted by Crippen LogP contribution is 2.42. The number of para-hydroxylation sites is 1. The molecule has 0 radical (unpaired) electrons. The first kappa shape index (κ1) is 17.4. The molecule has 6 rings (SSSR count). The first-order chi connectivity index (χ1) is 14.9. The fourth-order valence-electron chi connectivity index (χ4n) is 4.57. The molecule has 1 aliphatic rings. The number of nitrogens with zero attached hydrogens (tertiary/aromatic N) is 2. The number of thiophene rings is 1. The standard InChI is InChI=1S/C27H20N2S/c1-2-10-22(11-3-1)29-26(17-25(28-29)21-14-15-30-18-21)27-23-12-6-4-8-19(23)16-20-9-5-7-13-24(20)27/h1-16,18,26H,17H2. The molecule has 5 aromatic rings. The normalized spacial score (nSPS) is 16.3. The Hall–Kier alpha value is -3.43. The summed E-state index contributed by atoms with van der Waals surface area (Å²) >= 11 is 1.73. The van der Waals surface area contributed by atoms with E-state index in [4.69, 9.17) is 5.10 Å². The van der Waals surface area contributed by atoms with Gasteiger partial charge < -0.3 is 0 Å². The van der Waals surface area contributed by atoms with Crippen LogP contribution < -0.4 is 5.01 Å². The highest BCUT2D eigenvalue weighted by atomic mass is 32.1. The van der Waals surface area contributed by atoms with Crippen LogP contribution in [0.4, 0.5) is 5.69 Å². The van der Waals surface area contributed by atoms with Crippen molar-refractivity contribution in [1.82, 2.24) is 0 Å². The maximum atomic E-state index is 5.13. The summed E-state index contributed by atoms with van der Waals surface area (Å²) in [6, 6.07) is 32.6. The van der Waals surface area contributed by atoms with E-state index in [9.17, 15) is 0 Å². The second-order valence-electron chi connectivity index (χ2n) is 7.69. The van der Waals surface area contributed by atoms with Gasteiger partial charge in [0.2, 0.25) is 0 Å². The number of hydrogen-bond acceptors (Lipinski definition) is 3. The molecule has 30 heavy (non-hydrogen) atoms. The maximum Gasteiger partial charge on any atom is 0.0843 e. The third-order valence-corrected chi connectivity index (χ3v) is 6.61. The Balaban J connectivity index is 1.61. The van der Waals surface area contributed by atoms with Crippen LogP contribution in [0.15, 0.2) is 107 Å². The van der Waals surface area contributed by atoms with Crippen molar-refractivity contribution in [3.63, 3.8) is 0 Å². The summed E-state index contributed by atoms with van der Waals surface area (Å²) in [7, 11) is 0. The first-order valence-corrected chi connectivity index (χ1v) is 11.2. The van der Waals surface area contributed by atoms with Crippen molar-refractivity contribution in [2.45, 2.75) is 12.5 Å². The maximum absolute atomic E-state index is 5.13. The van der Waals surface area contributed by atoms with Crippen molar-refractivity contribution >= 4 is 44.3 Å². The van der Waals surface area contributed by atoms with Crippen LogP contribution >= 0.6 is 11.3 Å². The minimum absolute atomic E-state index is 0.151. The van der Waals surface area contributed by atoms with Crippen LogP contribution in [0.25, 0.3) is 21.5 Å². The SMILES string of the molecule is c1ccc(N2N=C(c3ccsc3)CC2c2c3ccccc3cc3ccccc23)cc1. The van der Waals surface area contributed by atoms with Crippen LogP contribution in [0.5, 0.6) is 0 Å². The fourth-order valence-corrected chi connectivity index (χ4v) is 5.23. The lowest BCUT2D eigenvalue weighted by Crippen LogP contribution is -2.19. The highest BCUT2D eigenvalue weighted by molar-refractivity contribution is 7.08. The smallest absolute Gasteiger partial charge is 0.0843 e. The summed E-state index contributed by atoms with van der Waals surface area (Å²) in [6.45, 7) is 0. The third kappa shape index (κ3) is 2.82. The number of anilines is 1. The van der Waals surface area contributed by atoms with E-state index >= 15 is 0 Å². The molecule has 3 heteroatoms. The number of hydrogen-bond donors (Lipinski definition) is 0. The summed E-state index contributed by atoms with van der Waals surface area (Å²) in [6.07, 6.45) is 0.892. The van der Waals surface area contributed by atoms with Gasteiger partial charge in [-0.2, -0.15) is 16.4 Å². The van der Waals surface area contributed by atoms with E-state index in [1.165, 1.54) is 32.7 Å². The van der Waals surface area contributed by atoms with Gasteiger partial charge in [0, 0.05) is 12.0 Å². The monoisotopic (exact) mass is 404 g/mol. The van der Waals surface area contributed by atoms with E-state index in [0.29, 0.717) is 0 Å². The molecule has 4 aromatic carbocycles. The van der Waals surface area contributed by atoms with Crippen molar-refractivity contribution in [2.75, 3.05) is 5.01 Å². The molecule has 0 spiro atoms. The Morgan fingerprint density at radius 2 is 1.43 bits per heavy atom. The highest BCUT2D eigenvalue weighted by Gasteiger charge is 2.32. The zero-order chi connectivity index (χ0) is 19.9. The van der Waals surface area contributed by atoms with E-state index in [0.717, 1.165) is 17.8 Å². The average molecular weight is 405 g/mol. The Morgan fingerprint density at radius 1 is 0.767 bits per heavy atom. The minimum atomic E-state index is 0.151. The predicted molar refractivity (Wildman–Crippen MR) is 129 cm³/mol. The van der Waals surface area contributed by atoms with Crippen LogP contribution in [-0.4, -0.2) is 5.71 Å². The molecule has 0 fully saturated rings. The van der Waals surface area contributed by atoms with Gasteiger partial charge in [-0.25, -0.2) is 0 Å². The van der Waals surface area contributed by atoms with Crippen LogP contribution in [0.2, 0.25) is 0 Å². The number of rotatable bonds is 3. The molecule has 0 aliphatic carbocycles. The Morgan fingerprint density at radius 3 is 2.10 bits per heavy atom. The van der Waals surface area contributed by atoms with Crippen LogP contribution in [0.1, 0.15) is 23.6 Å². The van der Waals surface area contributed by atoms with E-state index < -0.39 is 0 Å². The number of hydrazone groups is 1. The molecule has 1 unspecified atom stereocenters. The van der Waals surface area contributed by atoms with Crippen molar-refractivity contribution in [3.8, 4) is 0 Å². The van der Waals surface area contributed by atoms with Gasteiger partial charge in [-0.3, -0.25) is 5.01 Å². The molecule has 0 amide bonds. The molecule has 1 atom stereocenters. The summed E-state index contributed by atoms with van der Waals surface area (Å²) in [4.78, 5) is 0. The van der Waals surface area contributed by atoms with Crippen molar-refractivity contribution in [1.29, 1.82) is 0 Å². The third-order valence-electron chi connectivity index (χ3n) is 5.93. The van der Waals surface area contributed by atoms with Crippen molar-refractivity contribution in [3.05, 3.63) is 113 Å². The van der Waals surface area contributed by atoms with Gasteiger partial charge >= 0.3 is 0 Å². The van der Waals surface area contributed by atoms with Crippen LogP contribution in [0, 0.1) is 0 Å². The zero-order valence-corrected chi connectivity index (χ0v) is 17.2. The predicted octanol–water partition coefficient (Wildman–Crippen LogP) is 7.41. The molecule has 0 N–H and O–H groups in total. The molecule has 2 heterocycles. The van der Waals surface area contributed by atoms with Gasteiger partial charge in [0.1, 0.15) is 0 Å². The van der Waals surface area contributed by atoms with E-state index in [1.54, 1.807) is 11.3 Å². The van der Waals surface area contributed by atoms with Gasteiger partial charge in [0.15, 0.2) is 0 Å². The van der Waals surface area contributed by atoms with Crippen LogP contribution in [0.3, 0.4) is 0 Å². The first-order valence-electron chi connectivity index (χ1n) is 10.2. The lowest BCUT2D eigenvalue weighted by atomic mass is 9.89. The summed E-state index contributed by atoms with van der Waals surface area (Å²) in [5.74, 6) is 0. The molecule has 144 valence electrons. The van der Waals surface area contributed by atoms with Crippen LogP contribution in [-0.2, 0) is 0 Å². The minimum Gasteiger partial charge on any atom is -0.257 e. The van der Waals surface area contributed by atoms with E-state index in [1.807, 2.05) is 0 Å². The fraction of sp³-hybridized carbons (Fsp3) is 0.0741. The van der Waals surface area contributed by atoms with Gasteiger partial charge in [-0.15, -0.1) is 0 Å². The quantitative estimate of drug-likeness (QED) is 0.286. The topological polar surface area (TPSA) is 15.6 Å². The summed E-state index contributed by atoms with van der Waals surface area (Å²) in [5.41, 5.74) is 4.88. The average Bonchev–Trinajstić information content (AvgIpc) is 3.48. The molecule has 0 saturated carbocycles. The molecular formula is C27H20N2S. The largest absolute Gasteiger partial charge is 0.257 e. The lowest BCUT2D eigenvalue weighted by molar-refractivity contribution is 0.719. The molecule has 2 nitrogen and oxygen atoms in total. The van der Waals surface area contributed by atoms with Gasteiger partial charge in [0.05, 0.1) is 17.4 Å². The Kier molecular flexibility index (Phi) is 4.14. The van der Waals surface area contributed by atoms with Gasteiger partial charge in [-0.05, 0) is 62.1 Å². The summed E-state index contributed by atoms with van der Waals surface area (Å²) < 4.78 is 0. The zero-order valence-electron chi connectivity index (χ0n) is 16.4. The summed E-state index contributed by atoms with van der Waals surface area (Å²) in [5, 5.41) is 16.9. The van der Waals surface area contributed by atoms with E-state index in [2.05, 4.69) is 107 Å². The van der Waals surface area contributed by atoms with Gasteiger partial charge in [-0.1, -0.05) is 66.7 Å². The second-order valence-corrected chi connectivity index (χ2v) is 8.47. The van der Waals surface area contributed by atoms with Crippen molar-refractivity contribution in [2.24, 2.45) is 5.10 Å². The van der Waals surface area contributed by atoms with Crippen molar-refractivity contribution < 1.29 is 0 Å². The number of benzene rings is 4. The molecule has 1 aromatic heterocycles. The molecule has 1 aliphatic heterocycles. The lowest BCUT2D eigenvalue weighted by Gasteiger charge is -2.26. The molecule has 0 saturated heterocycles. The Labute approximate surface area is 179 Å². The molecular weight excluding hydrogens is 384 g/mol. The second kappa shape index (κ2) is 7.12. The Bertz CT molecular complexity index is 1320. The van der Waals surface area contributed by atoms with E-state index in [-0.39, 0.29) is 6.04 Å². The van der Waals surface area contributed by atoms with Gasteiger partial charge in [0.25, 0.3) is 0 Å².